The van der Waals surface area contributed by atoms with Gasteiger partial charge in [0.2, 0.25) is 0 Å². The van der Waals surface area contributed by atoms with Crippen molar-refractivity contribution < 1.29 is 47.6 Å². The van der Waals surface area contributed by atoms with E-state index in [2.05, 4.69) is 5.32 Å². The van der Waals surface area contributed by atoms with E-state index in [1.54, 1.807) is 19.9 Å². The Bertz CT molecular complexity index is 963. The summed E-state index contributed by atoms with van der Waals surface area (Å²) in [6.07, 6.45) is 4.06. The van der Waals surface area contributed by atoms with Gasteiger partial charge in [0.15, 0.2) is 11.5 Å². The first-order chi connectivity index (χ1) is 19.6. The predicted molar refractivity (Wildman–Crippen MR) is 152 cm³/mol. The zero-order valence-electron chi connectivity index (χ0n) is 25.4. The third-order valence-electron chi connectivity index (χ3n) is 6.42. The van der Waals surface area contributed by atoms with Gasteiger partial charge in [0.1, 0.15) is 12.6 Å². The molecule has 11 nitrogen and oxygen atoms in total. The van der Waals surface area contributed by atoms with Gasteiger partial charge in [0.05, 0.1) is 25.7 Å². The molecule has 11 heteroatoms. The van der Waals surface area contributed by atoms with Crippen LogP contribution in [-0.4, -0.2) is 63.8 Å². The zero-order chi connectivity index (χ0) is 30.7. The molecule has 0 unspecified atom stereocenters. The molecule has 1 aromatic rings. The average Bonchev–Trinajstić information content (AvgIpc) is 2.95. The van der Waals surface area contributed by atoms with Crippen molar-refractivity contribution in [3.8, 4) is 11.5 Å². The van der Waals surface area contributed by atoms with E-state index in [9.17, 15) is 19.2 Å². The van der Waals surface area contributed by atoms with Crippen molar-refractivity contribution in [1.29, 1.82) is 0 Å². The molecule has 0 radical (unpaired) electrons. The van der Waals surface area contributed by atoms with Crippen LogP contribution in [0.4, 0.5) is 9.59 Å². The van der Waals surface area contributed by atoms with E-state index in [-0.39, 0.29) is 50.3 Å². The van der Waals surface area contributed by atoms with Gasteiger partial charge in [0.25, 0.3) is 0 Å². The Hall–Kier alpha value is -3.34. The van der Waals surface area contributed by atoms with E-state index in [1.807, 2.05) is 20.8 Å². The molecule has 0 aliphatic carbocycles. The second-order valence-corrected chi connectivity index (χ2v) is 10.2. The molecule has 0 aliphatic heterocycles. The van der Waals surface area contributed by atoms with E-state index >= 15 is 0 Å². The van der Waals surface area contributed by atoms with Crippen molar-refractivity contribution in [2.24, 2.45) is 5.41 Å². The molecule has 1 rings (SSSR count). The molecule has 0 saturated carbocycles. The number of carbonyl (C=O) groups is 4. The van der Waals surface area contributed by atoms with Gasteiger partial charge < -0.3 is 33.7 Å². The topological polar surface area (TPSA) is 136 Å². The van der Waals surface area contributed by atoms with Gasteiger partial charge in [-0.25, -0.2) is 9.59 Å². The van der Waals surface area contributed by atoms with Gasteiger partial charge >= 0.3 is 24.2 Å². The van der Waals surface area contributed by atoms with E-state index in [0.29, 0.717) is 24.8 Å². The minimum atomic E-state index is -0.945. The van der Waals surface area contributed by atoms with Crippen LogP contribution in [0.25, 0.3) is 0 Å². The summed E-state index contributed by atoms with van der Waals surface area (Å²) >= 11 is 0. The number of carbonyl (C=O) groups excluding carboxylic acids is 4. The van der Waals surface area contributed by atoms with Gasteiger partial charge in [-0.1, -0.05) is 52.5 Å². The van der Waals surface area contributed by atoms with Crippen LogP contribution in [0.15, 0.2) is 18.2 Å². The number of rotatable bonds is 19. The SMILES string of the molecule is CCCCCOC(=O)Oc1ccc(C[C@H](NCCOC(=O)C(C)(C)CC)C(=O)OC)cc1OC(=O)OCCCCC. The fourth-order valence-electron chi connectivity index (χ4n) is 3.43. The molecule has 0 fully saturated rings. The first kappa shape index (κ1) is 35.7. The zero-order valence-corrected chi connectivity index (χ0v) is 25.4. The molecule has 0 aromatic heterocycles. The average molecular weight is 582 g/mol. The molecule has 0 amide bonds. The highest BCUT2D eigenvalue weighted by Crippen LogP contribution is 2.30. The number of benzene rings is 1. The maximum absolute atomic E-state index is 12.5. The van der Waals surface area contributed by atoms with Crippen LogP contribution in [0.5, 0.6) is 11.5 Å². The van der Waals surface area contributed by atoms with Crippen molar-refractivity contribution in [2.45, 2.75) is 92.0 Å². The summed E-state index contributed by atoms with van der Waals surface area (Å²) in [7, 11) is 1.27. The summed E-state index contributed by atoms with van der Waals surface area (Å²) in [5, 5.41) is 3.03. The summed E-state index contributed by atoms with van der Waals surface area (Å²) in [5.74, 6) is -0.945. The Kier molecular flexibility index (Phi) is 17.1. The number of hydrogen-bond donors (Lipinski definition) is 1. The van der Waals surface area contributed by atoms with Crippen LogP contribution in [0.2, 0.25) is 0 Å². The Balaban J connectivity index is 2.97. The summed E-state index contributed by atoms with van der Waals surface area (Å²) in [4.78, 5) is 49.2. The molecule has 1 atom stereocenters. The number of ether oxygens (including phenoxy) is 6. The molecule has 1 aromatic carbocycles. The minimum Gasteiger partial charge on any atom is -0.468 e. The Morgan fingerprint density at radius 3 is 1.93 bits per heavy atom. The van der Waals surface area contributed by atoms with Crippen molar-refractivity contribution in [2.75, 3.05) is 33.5 Å². The lowest BCUT2D eigenvalue weighted by Crippen LogP contribution is -2.41. The quantitative estimate of drug-likeness (QED) is 0.0925. The lowest BCUT2D eigenvalue weighted by Gasteiger charge is -2.21. The lowest BCUT2D eigenvalue weighted by atomic mass is 9.91. The summed E-state index contributed by atoms with van der Waals surface area (Å²) in [6, 6.07) is 3.77. The van der Waals surface area contributed by atoms with Crippen LogP contribution in [-0.2, 0) is 35.0 Å². The first-order valence-corrected chi connectivity index (χ1v) is 14.4. The Labute approximate surface area is 243 Å². The fourth-order valence-corrected chi connectivity index (χ4v) is 3.43. The molecular weight excluding hydrogens is 534 g/mol. The van der Waals surface area contributed by atoms with Crippen molar-refractivity contribution in [3.05, 3.63) is 23.8 Å². The van der Waals surface area contributed by atoms with Crippen LogP contribution in [0.3, 0.4) is 0 Å². The predicted octanol–water partition coefficient (Wildman–Crippen LogP) is 5.75. The second-order valence-electron chi connectivity index (χ2n) is 10.2. The molecule has 0 bridgehead atoms. The number of unbranched alkanes of at least 4 members (excludes halogenated alkanes) is 4. The molecule has 0 saturated heterocycles. The van der Waals surface area contributed by atoms with Gasteiger partial charge in [-0.05, 0) is 57.2 Å². The van der Waals surface area contributed by atoms with Crippen LogP contribution in [0, 0.1) is 5.41 Å². The van der Waals surface area contributed by atoms with Gasteiger partial charge in [-0.15, -0.1) is 0 Å². The first-order valence-electron chi connectivity index (χ1n) is 14.4. The second kappa shape index (κ2) is 19.7. The van der Waals surface area contributed by atoms with Gasteiger partial charge in [-0.3, -0.25) is 9.59 Å². The largest absolute Gasteiger partial charge is 0.513 e. The van der Waals surface area contributed by atoms with Gasteiger partial charge in [0, 0.05) is 6.54 Å². The molecular formula is C30H47NO10. The summed E-state index contributed by atoms with van der Waals surface area (Å²) in [6.45, 7) is 10.3. The van der Waals surface area contributed by atoms with Crippen LogP contribution in [0.1, 0.15) is 85.1 Å². The minimum absolute atomic E-state index is 0.0345. The highest BCUT2D eigenvalue weighted by Gasteiger charge is 2.27. The highest BCUT2D eigenvalue weighted by molar-refractivity contribution is 5.77. The molecule has 0 spiro atoms. The fraction of sp³-hybridized carbons (Fsp3) is 0.667. The number of esters is 2. The standard InChI is InChI=1S/C30H47NO10/c1-7-10-12-17-38-28(34)40-24-15-14-22(21-25(24)41-29(35)39-18-13-11-8-2)20-23(26(32)36-6)31-16-19-37-27(33)30(4,5)9-3/h14-15,21,23,31H,7-13,16-20H2,1-6H3/t23-/m0/s1. The lowest BCUT2D eigenvalue weighted by molar-refractivity contribution is -0.154. The van der Waals surface area contributed by atoms with Crippen molar-refractivity contribution in [1.82, 2.24) is 5.32 Å². The van der Waals surface area contributed by atoms with E-state index < -0.39 is 29.7 Å². The van der Waals surface area contributed by atoms with Crippen LogP contribution >= 0.6 is 0 Å². The number of nitrogens with one attached hydrogen (secondary N) is 1. The molecule has 232 valence electrons. The maximum atomic E-state index is 12.5. The van der Waals surface area contributed by atoms with Crippen molar-refractivity contribution in [3.63, 3.8) is 0 Å². The van der Waals surface area contributed by atoms with E-state index in [4.69, 9.17) is 28.4 Å². The number of hydrogen-bond acceptors (Lipinski definition) is 11. The Morgan fingerprint density at radius 2 is 1.39 bits per heavy atom. The smallest absolute Gasteiger partial charge is 0.468 e. The number of methoxy groups -OCH3 is 1. The highest BCUT2D eigenvalue weighted by atomic mass is 16.7. The maximum Gasteiger partial charge on any atom is 0.513 e. The summed E-state index contributed by atoms with van der Waals surface area (Å²) in [5.41, 5.74) is -0.0180. The monoisotopic (exact) mass is 581 g/mol. The summed E-state index contributed by atoms with van der Waals surface area (Å²) < 4.78 is 31.1. The third-order valence-corrected chi connectivity index (χ3v) is 6.42. The third kappa shape index (κ3) is 14.2. The molecule has 41 heavy (non-hydrogen) atoms. The Morgan fingerprint density at radius 1 is 0.805 bits per heavy atom. The molecule has 0 aliphatic rings. The van der Waals surface area contributed by atoms with Gasteiger partial charge in [-0.2, -0.15) is 0 Å². The normalized spacial score (nSPS) is 11.8. The molecule has 1 N–H and O–H groups in total. The van der Waals surface area contributed by atoms with E-state index in [0.717, 1.165) is 25.7 Å². The molecule has 0 heterocycles. The van der Waals surface area contributed by atoms with E-state index in [1.165, 1.54) is 19.2 Å². The van der Waals surface area contributed by atoms with Crippen LogP contribution < -0.4 is 14.8 Å². The van der Waals surface area contributed by atoms with Crippen molar-refractivity contribution >= 4 is 24.2 Å².